The van der Waals surface area contributed by atoms with E-state index in [1.54, 1.807) is 71.9 Å². The maximum Gasteiger partial charge on any atom is 0.310 e. The normalized spacial score (nSPS) is 15.9. The topological polar surface area (TPSA) is 90.9 Å². The van der Waals surface area contributed by atoms with Crippen molar-refractivity contribution in [2.24, 2.45) is 0 Å². The fourth-order valence-corrected chi connectivity index (χ4v) is 4.50. The molecule has 0 amide bonds. The summed E-state index contributed by atoms with van der Waals surface area (Å²) in [7, 11) is 9.36. The quantitative estimate of drug-likeness (QED) is 0.354. The molecule has 1 heterocycles. The second-order valence-electron chi connectivity index (χ2n) is 8.56. The van der Waals surface area contributed by atoms with Crippen LogP contribution in [-0.4, -0.2) is 54.7 Å². The highest BCUT2D eigenvalue weighted by molar-refractivity contribution is 5.73. The van der Waals surface area contributed by atoms with Crippen molar-refractivity contribution in [2.75, 3.05) is 42.7 Å². The van der Waals surface area contributed by atoms with Crippen molar-refractivity contribution in [1.29, 1.82) is 0 Å². The Kier molecular flexibility index (Phi) is 8.35. The van der Waals surface area contributed by atoms with E-state index in [1.165, 1.54) is 7.11 Å². The minimum absolute atomic E-state index is 0.0923. The van der Waals surface area contributed by atoms with Crippen molar-refractivity contribution >= 4 is 5.97 Å². The lowest BCUT2D eigenvalue weighted by atomic mass is 9.93. The van der Waals surface area contributed by atoms with Crippen LogP contribution in [-0.2, 0) is 22.4 Å². The van der Waals surface area contributed by atoms with Crippen molar-refractivity contribution < 1.29 is 42.7 Å². The first-order valence-electron chi connectivity index (χ1n) is 12.0. The molecule has 2 atom stereocenters. The van der Waals surface area contributed by atoms with Crippen LogP contribution < -0.4 is 33.2 Å². The summed E-state index contributed by atoms with van der Waals surface area (Å²) >= 11 is 0. The number of rotatable bonds is 10. The molecular weight excluding hydrogens is 492 g/mol. The highest BCUT2D eigenvalue weighted by atomic mass is 16.6. The van der Waals surface area contributed by atoms with Gasteiger partial charge in [0.15, 0.2) is 17.6 Å². The third kappa shape index (κ3) is 5.51. The summed E-state index contributed by atoms with van der Waals surface area (Å²) in [5.74, 6) is 3.43. The molecule has 9 nitrogen and oxygen atoms in total. The lowest BCUT2D eigenvalue weighted by molar-refractivity contribution is -0.154. The zero-order valence-electron chi connectivity index (χ0n) is 22.4. The van der Waals surface area contributed by atoms with Crippen LogP contribution in [0.4, 0.5) is 0 Å². The van der Waals surface area contributed by atoms with Gasteiger partial charge in [-0.05, 0) is 29.8 Å². The summed E-state index contributed by atoms with van der Waals surface area (Å²) in [5.41, 5.74) is 2.27. The average Bonchev–Trinajstić information content (AvgIpc) is 2.95. The number of hydrogen-bond donors (Lipinski definition) is 0. The number of ether oxygens (including phenoxy) is 8. The van der Waals surface area contributed by atoms with Gasteiger partial charge in [-0.15, -0.1) is 0 Å². The van der Waals surface area contributed by atoms with Crippen LogP contribution in [0.3, 0.4) is 0 Å². The van der Waals surface area contributed by atoms with Gasteiger partial charge in [0, 0.05) is 29.7 Å². The Morgan fingerprint density at radius 1 is 0.763 bits per heavy atom. The van der Waals surface area contributed by atoms with Gasteiger partial charge < -0.3 is 37.9 Å². The summed E-state index contributed by atoms with van der Waals surface area (Å²) in [6, 6.07) is 14.4. The molecule has 202 valence electrons. The fourth-order valence-electron chi connectivity index (χ4n) is 4.50. The first-order chi connectivity index (χ1) is 18.4. The number of carbonyl (C=O) groups excluding carboxylic acids is 1. The zero-order chi connectivity index (χ0) is 27.2. The Balaban J connectivity index is 1.71. The number of esters is 1. The Labute approximate surface area is 222 Å². The molecule has 1 aliphatic rings. The Morgan fingerprint density at radius 3 is 1.95 bits per heavy atom. The van der Waals surface area contributed by atoms with Crippen LogP contribution in [0.2, 0.25) is 0 Å². The Morgan fingerprint density at radius 2 is 1.39 bits per heavy atom. The van der Waals surface area contributed by atoms with Crippen LogP contribution in [0.15, 0.2) is 48.5 Å². The van der Waals surface area contributed by atoms with E-state index >= 15 is 0 Å². The lowest BCUT2D eigenvalue weighted by Gasteiger charge is -2.34. The zero-order valence-corrected chi connectivity index (χ0v) is 22.4. The standard InChI is InChI=1S/C29H32O9/c1-31-19-9-7-17(8-10-19)11-27(30)37-26-16-21-22(33-3)14-20(32-2)15-23(21)38-28(26)18-12-24(34-4)29(36-6)25(13-18)35-5/h7-10,12-15,26,28H,11,16H2,1-6H3/t26-,28-/m1/s1. The van der Waals surface area contributed by atoms with Gasteiger partial charge in [0.05, 0.1) is 49.1 Å². The van der Waals surface area contributed by atoms with E-state index < -0.39 is 18.2 Å². The molecule has 0 aromatic heterocycles. The van der Waals surface area contributed by atoms with Crippen LogP contribution in [0.5, 0.6) is 40.2 Å². The molecule has 0 saturated carbocycles. The number of fused-ring (bicyclic) bond motifs is 1. The van der Waals surface area contributed by atoms with Crippen molar-refractivity contribution in [2.45, 2.75) is 25.0 Å². The van der Waals surface area contributed by atoms with Crippen molar-refractivity contribution in [3.63, 3.8) is 0 Å². The average molecular weight is 525 g/mol. The third-order valence-corrected chi connectivity index (χ3v) is 6.40. The third-order valence-electron chi connectivity index (χ3n) is 6.40. The van der Waals surface area contributed by atoms with Gasteiger partial charge in [-0.1, -0.05) is 12.1 Å². The molecular formula is C29H32O9. The van der Waals surface area contributed by atoms with E-state index in [2.05, 4.69) is 0 Å². The predicted octanol–water partition coefficient (Wildman–Crippen LogP) is 4.57. The van der Waals surface area contributed by atoms with Crippen molar-refractivity contribution in [3.05, 3.63) is 65.2 Å². The summed E-state index contributed by atoms with van der Waals surface area (Å²) < 4.78 is 45.3. The SMILES string of the molecule is COc1ccc(CC(=O)O[C@@H]2Cc3c(OC)cc(OC)cc3O[C@@H]2c2cc(OC)c(OC)c(OC)c2)cc1. The lowest BCUT2D eigenvalue weighted by Crippen LogP contribution is -2.35. The number of carbonyl (C=O) groups is 1. The predicted molar refractivity (Wildman–Crippen MR) is 139 cm³/mol. The van der Waals surface area contributed by atoms with Crippen molar-refractivity contribution in [1.82, 2.24) is 0 Å². The monoisotopic (exact) mass is 524 g/mol. The van der Waals surface area contributed by atoms with Gasteiger partial charge in [0.1, 0.15) is 29.1 Å². The number of hydrogen-bond acceptors (Lipinski definition) is 9. The van der Waals surface area contributed by atoms with Gasteiger partial charge in [0.2, 0.25) is 5.75 Å². The van der Waals surface area contributed by atoms with E-state index in [9.17, 15) is 4.79 Å². The molecule has 0 N–H and O–H groups in total. The Bertz CT molecular complexity index is 1240. The largest absolute Gasteiger partial charge is 0.497 e. The van der Waals surface area contributed by atoms with Crippen LogP contribution in [0.25, 0.3) is 0 Å². The molecule has 0 unspecified atom stereocenters. The molecule has 0 bridgehead atoms. The maximum absolute atomic E-state index is 13.1. The molecule has 0 spiro atoms. The molecule has 3 aromatic carbocycles. The fraction of sp³-hybridized carbons (Fsp3) is 0.345. The van der Waals surface area contributed by atoms with Crippen LogP contribution in [0.1, 0.15) is 22.8 Å². The molecule has 0 radical (unpaired) electrons. The molecule has 0 saturated heterocycles. The Hall–Kier alpha value is -4.27. The van der Waals surface area contributed by atoms with Gasteiger partial charge in [-0.25, -0.2) is 0 Å². The van der Waals surface area contributed by atoms with Gasteiger partial charge in [0.25, 0.3) is 0 Å². The van der Waals surface area contributed by atoms with E-state index in [4.69, 9.17) is 37.9 Å². The molecule has 1 aliphatic heterocycles. The van der Waals surface area contributed by atoms with E-state index in [-0.39, 0.29) is 6.42 Å². The summed E-state index contributed by atoms with van der Waals surface area (Å²) in [6.07, 6.45) is -0.890. The summed E-state index contributed by atoms with van der Waals surface area (Å²) in [5, 5.41) is 0. The molecule has 4 rings (SSSR count). The molecule has 0 aliphatic carbocycles. The second-order valence-corrected chi connectivity index (χ2v) is 8.56. The molecule has 0 fully saturated rings. The summed E-state index contributed by atoms with van der Waals surface area (Å²) in [4.78, 5) is 13.1. The minimum Gasteiger partial charge on any atom is -0.497 e. The first-order valence-corrected chi connectivity index (χ1v) is 12.0. The summed E-state index contributed by atoms with van der Waals surface area (Å²) in [6.45, 7) is 0. The molecule has 3 aromatic rings. The van der Waals surface area contributed by atoms with Gasteiger partial charge in [-0.2, -0.15) is 0 Å². The van der Waals surface area contributed by atoms with Crippen LogP contribution in [0, 0.1) is 0 Å². The van der Waals surface area contributed by atoms with E-state index in [1.807, 2.05) is 12.1 Å². The first kappa shape index (κ1) is 26.8. The van der Waals surface area contributed by atoms with E-state index in [0.717, 1.165) is 11.1 Å². The highest BCUT2D eigenvalue weighted by Gasteiger charge is 2.37. The molecule has 38 heavy (non-hydrogen) atoms. The minimum atomic E-state index is -0.673. The number of methoxy groups -OCH3 is 6. The second kappa shape index (κ2) is 11.9. The highest BCUT2D eigenvalue weighted by Crippen LogP contribution is 2.46. The van der Waals surface area contributed by atoms with Gasteiger partial charge >= 0.3 is 5.97 Å². The molecule has 9 heteroatoms. The van der Waals surface area contributed by atoms with Crippen LogP contribution >= 0.6 is 0 Å². The smallest absolute Gasteiger partial charge is 0.310 e. The maximum atomic E-state index is 13.1. The van der Waals surface area contributed by atoms with E-state index in [0.29, 0.717) is 52.2 Å². The van der Waals surface area contributed by atoms with Gasteiger partial charge in [-0.3, -0.25) is 4.79 Å². The number of benzene rings is 3. The van der Waals surface area contributed by atoms with Crippen molar-refractivity contribution in [3.8, 4) is 40.2 Å².